The molecule has 0 unspecified atom stereocenters. The fourth-order valence-electron chi connectivity index (χ4n) is 1.80. The highest BCUT2D eigenvalue weighted by atomic mass is 32.2. The van der Waals surface area contributed by atoms with Crippen LogP contribution in [0.1, 0.15) is 25.3 Å². The molecule has 1 rings (SSSR count). The van der Waals surface area contributed by atoms with Gasteiger partial charge in [0.05, 0.1) is 0 Å². The summed E-state index contributed by atoms with van der Waals surface area (Å²) in [5, 5.41) is 14.4. The van der Waals surface area contributed by atoms with Crippen molar-refractivity contribution < 1.29 is 9.90 Å². The zero-order chi connectivity index (χ0) is 14.6. The van der Waals surface area contributed by atoms with Crippen LogP contribution in [0.2, 0.25) is 0 Å². The molecule has 0 aliphatic carbocycles. The Morgan fingerprint density at radius 1 is 1.30 bits per heavy atom. The molecule has 112 valence electrons. The number of rotatable bonds is 9. The third-order valence-electron chi connectivity index (χ3n) is 2.76. The first-order valence-electron chi connectivity index (χ1n) is 7.09. The number of nitrogens with one attached hydrogen (secondary N) is 2. The molecule has 0 saturated carbocycles. The summed E-state index contributed by atoms with van der Waals surface area (Å²) in [4.78, 5) is 11.8. The molecule has 0 fully saturated rings. The second-order valence-electron chi connectivity index (χ2n) is 4.48. The van der Waals surface area contributed by atoms with Crippen LogP contribution in [-0.4, -0.2) is 35.8 Å². The van der Waals surface area contributed by atoms with Crippen LogP contribution in [0.5, 0.6) is 0 Å². The molecule has 1 aromatic rings. The van der Waals surface area contributed by atoms with Gasteiger partial charge in [0.1, 0.15) is 0 Å². The number of hydrogen-bond donors (Lipinski definition) is 3. The summed E-state index contributed by atoms with van der Waals surface area (Å²) < 4.78 is 0. The normalized spacial score (nSPS) is 10.3. The molecule has 0 spiro atoms. The number of amides is 2. The molecule has 2 amide bonds. The molecule has 3 N–H and O–H groups in total. The summed E-state index contributed by atoms with van der Waals surface area (Å²) in [5.74, 6) is 1.79. The number of aryl methyl sites for hydroxylation is 1. The van der Waals surface area contributed by atoms with E-state index in [2.05, 4.69) is 17.6 Å². The molecule has 1 aromatic carbocycles. The van der Waals surface area contributed by atoms with Gasteiger partial charge >= 0.3 is 6.03 Å². The van der Waals surface area contributed by atoms with Crippen LogP contribution in [0.4, 0.5) is 10.5 Å². The number of carbonyl (C=O) groups is 1. The third kappa shape index (κ3) is 6.82. The summed E-state index contributed by atoms with van der Waals surface area (Å²) in [5.41, 5.74) is 2.06. The molecule has 0 aliphatic heterocycles. The van der Waals surface area contributed by atoms with Gasteiger partial charge in [-0.2, -0.15) is 11.8 Å². The standard InChI is InChI=1S/C15H24N2O2S/c1-2-6-13-7-3-4-8-14(13)17-15(19)16-9-12-20-11-5-10-18/h3-4,7-8,18H,2,5-6,9-12H2,1H3,(H2,16,17,19). The molecule has 5 heteroatoms. The minimum Gasteiger partial charge on any atom is -0.396 e. The summed E-state index contributed by atoms with van der Waals surface area (Å²) in [7, 11) is 0. The van der Waals surface area contributed by atoms with Crippen molar-refractivity contribution in [3.05, 3.63) is 29.8 Å². The lowest BCUT2D eigenvalue weighted by Crippen LogP contribution is -2.30. The number of thioether (sulfide) groups is 1. The Kier molecular flexibility index (Phi) is 8.91. The average Bonchev–Trinajstić information content (AvgIpc) is 2.45. The van der Waals surface area contributed by atoms with Crippen molar-refractivity contribution in [1.82, 2.24) is 5.32 Å². The van der Waals surface area contributed by atoms with Gasteiger partial charge in [-0.25, -0.2) is 4.79 Å². The summed E-state index contributed by atoms with van der Waals surface area (Å²) in [6.45, 7) is 2.99. The van der Waals surface area contributed by atoms with Crippen molar-refractivity contribution in [2.45, 2.75) is 26.2 Å². The highest BCUT2D eigenvalue weighted by Crippen LogP contribution is 2.16. The number of carbonyl (C=O) groups excluding carboxylic acids is 1. The van der Waals surface area contributed by atoms with Gasteiger partial charge in [-0.05, 0) is 30.2 Å². The molecule has 4 nitrogen and oxygen atoms in total. The van der Waals surface area contributed by atoms with Crippen LogP contribution in [0.3, 0.4) is 0 Å². The van der Waals surface area contributed by atoms with Crippen molar-refractivity contribution in [1.29, 1.82) is 0 Å². The quantitative estimate of drug-likeness (QED) is 0.614. The lowest BCUT2D eigenvalue weighted by Gasteiger charge is -2.11. The Morgan fingerprint density at radius 2 is 2.10 bits per heavy atom. The second-order valence-corrected chi connectivity index (χ2v) is 5.70. The Balaban J connectivity index is 2.28. The van der Waals surface area contributed by atoms with Crippen molar-refractivity contribution in [2.75, 3.05) is 30.0 Å². The minimum atomic E-state index is -0.156. The van der Waals surface area contributed by atoms with Crippen molar-refractivity contribution >= 4 is 23.5 Å². The van der Waals surface area contributed by atoms with Crippen molar-refractivity contribution in [3.63, 3.8) is 0 Å². The van der Waals surface area contributed by atoms with Gasteiger partial charge in [0, 0.05) is 24.6 Å². The van der Waals surface area contributed by atoms with E-state index in [9.17, 15) is 4.79 Å². The van der Waals surface area contributed by atoms with Gasteiger partial charge in [0.25, 0.3) is 0 Å². The molecular formula is C15H24N2O2S. The SMILES string of the molecule is CCCc1ccccc1NC(=O)NCCSCCCO. The fraction of sp³-hybridized carbons (Fsp3) is 0.533. The molecule has 0 atom stereocenters. The maximum Gasteiger partial charge on any atom is 0.319 e. The lowest BCUT2D eigenvalue weighted by molar-refractivity contribution is 0.252. The highest BCUT2D eigenvalue weighted by molar-refractivity contribution is 7.99. The maximum absolute atomic E-state index is 11.8. The summed E-state index contributed by atoms with van der Waals surface area (Å²) in [6, 6.07) is 7.74. The number of benzene rings is 1. The van der Waals surface area contributed by atoms with Crippen molar-refractivity contribution in [2.24, 2.45) is 0 Å². The lowest BCUT2D eigenvalue weighted by atomic mass is 10.1. The first-order chi connectivity index (χ1) is 9.77. The molecule has 0 aliphatic rings. The molecule has 0 bridgehead atoms. The molecule has 20 heavy (non-hydrogen) atoms. The van der Waals surface area contributed by atoms with E-state index >= 15 is 0 Å². The van der Waals surface area contributed by atoms with Crippen LogP contribution in [0, 0.1) is 0 Å². The first kappa shape index (κ1) is 16.9. The highest BCUT2D eigenvalue weighted by Gasteiger charge is 2.04. The van der Waals surface area contributed by atoms with Gasteiger partial charge in [0.2, 0.25) is 0 Å². The van der Waals surface area contributed by atoms with Crippen LogP contribution in [-0.2, 0) is 6.42 Å². The van der Waals surface area contributed by atoms with E-state index in [0.29, 0.717) is 6.54 Å². The number of anilines is 1. The average molecular weight is 296 g/mol. The van der Waals surface area contributed by atoms with Gasteiger partial charge < -0.3 is 15.7 Å². The predicted octanol–water partition coefficient (Wildman–Crippen LogP) is 2.88. The van der Waals surface area contributed by atoms with E-state index in [4.69, 9.17) is 5.11 Å². The van der Waals surface area contributed by atoms with Crippen LogP contribution in [0.15, 0.2) is 24.3 Å². The number of aliphatic hydroxyl groups excluding tert-OH is 1. The molecule has 0 aromatic heterocycles. The van der Waals surface area contributed by atoms with Crippen LogP contribution >= 0.6 is 11.8 Å². The molecule has 0 heterocycles. The van der Waals surface area contributed by atoms with Crippen LogP contribution < -0.4 is 10.6 Å². The fourth-order valence-corrected chi connectivity index (χ4v) is 2.59. The number of para-hydroxylation sites is 1. The molecule has 0 saturated heterocycles. The zero-order valence-corrected chi connectivity index (χ0v) is 12.8. The predicted molar refractivity (Wildman–Crippen MR) is 86.5 cm³/mol. The first-order valence-corrected chi connectivity index (χ1v) is 8.24. The topological polar surface area (TPSA) is 61.4 Å². The zero-order valence-electron chi connectivity index (χ0n) is 12.0. The van der Waals surface area contributed by atoms with E-state index in [1.165, 1.54) is 5.56 Å². The Labute approximate surface area is 125 Å². The van der Waals surface area contributed by atoms with Gasteiger partial charge in [-0.15, -0.1) is 0 Å². The van der Waals surface area contributed by atoms with Crippen LogP contribution in [0.25, 0.3) is 0 Å². The summed E-state index contributed by atoms with van der Waals surface area (Å²) in [6.07, 6.45) is 2.83. The smallest absolute Gasteiger partial charge is 0.319 e. The van der Waals surface area contributed by atoms with E-state index in [1.807, 2.05) is 24.3 Å². The Morgan fingerprint density at radius 3 is 2.85 bits per heavy atom. The van der Waals surface area contributed by atoms with E-state index in [0.717, 1.165) is 36.5 Å². The summed E-state index contributed by atoms with van der Waals surface area (Å²) >= 11 is 1.73. The van der Waals surface area contributed by atoms with Crippen molar-refractivity contribution in [3.8, 4) is 0 Å². The largest absolute Gasteiger partial charge is 0.396 e. The second kappa shape index (κ2) is 10.6. The molecule has 0 radical (unpaired) electrons. The van der Waals surface area contributed by atoms with Gasteiger partial charge in [0.15, 0.2) is 0 Å². The number of urea groups is 1. The van der Waals surface area contributed by atoms with E-state index in [-0.39, 0.29) is 12.6 Å². The molecular weight excluding hydrogens is 272 g/mol. The number of aliphatic hydroxyl groups is 1. The van der Waals surface area contributed by atoms with Gasteiger partial charge in [-0.3, -0.25) is 0 Å². The Hall–Kier alpha value is -1.20. The van der Waals surface area contributed by atoms with E-state index in [1.54, 1.807) is 11.8 Å². The maximum atomic E-state index is 11.8. The third-order valence-corrected chi connectivity index (χ3v) is 3.83. The number of hydrogen-bond acceptors (Lipinski definition) is 3. The van der Waals surface area contributed by atoms with Gasteiger partial charge in [-0.1, -0.05) is 31.5 Å². The van der Waals surface area contributed by atoms with E-state index < -0.39 is 0 Å². The Bertz CT molecular complexity index is 399. The monoisotopic (exact) mass is 296 g/mol. The minimum absolute atomic E-state index is 0.156.